The predicted molar refractivity (Wildman–Crippen MR) is 54.6 cm³/mol. The van der Waals surface area contributed by atoms with Crippen molar-refractivity contribution in [2.75, 3.05) is 20.1 Å². The maximum absolute atomic E-state index is 9.63. The number of hydrogen-bond donors (Lipinski definition) is 1. The SMILES string of the molecule is CN.O=C=NCCCCCCN=C=O. The fourth-order valence-electron chi connectivity index (χ4n) is 0.827. The van der Waals surface area contributed by atoms with Gasteiger partial charge in [-0.05, 0) is 19.9 Å². The van der Waals surface area contributed by atoms with Gasteiger partial charge in [0.1, 0.15) is 0 Å². The van der Waals surface area contributed by atoms with Crippen molar-refractivity contribution in [3.63, 3.8) is 0 Å². The number of nitrogens with two attached hydrogens (primary N) is 1. The normalized spacial score (nSPS) is 7.57. The molecule has 0 saturated carbocycles. The van der Waals surface area contributed by atoms with Crippen LogP contribution in [-0.4, -0.2) is 32.3 Å². The van der Waals surface area contributed by atoms with Crippen LogP contribution < -0.4 is 5.73 Å². The lowest BCUT2D eigenvalue weighted by Crippen LogP contribution is -1.84. The summed E-state index contributed by atoms with van der Waals surface area (Å²) in [5, 5.41) is 0. The molecule has 0 amide bonds. The highest BCUT2D eigenvalue weighted by molar-refractivity contribution is 5.32. The van der Waals surface area contributed by atoms with Gasteiger partial charge in [0.25, 0.3) is 0 Å². The Morgan fingerprint density at radius 2 is 1.21 bits per heavy atom. The maximum atomic E-state index is 9.63. The summed E-state index contributed by atoms with van der Waals surface area (Å²) in [7, 11) is 1.50. The van der Waals surface area contributed by atoms with Crippen molar-refractivity contribution in [1.29, 1.82) is 0 Å². The van der Waals surface area contributed by atoms with Gasteiger partial charge in [-0.25, -0.2) is 19.6 Å². The lowest BCUT2D eigenvalue weighted by Gasteiger charge is -1.93. The third kappa shape index (κ3) is 17.0. The molecule has 0 radical (unpaired) electrons. The Labute approximate surface area is 84.1 Å². The molecule has 0 aliphatic rings. The van der Waals surface area contributed by atoms with Crippen LogP contribution in [0.25, 0.3) is 0 Å². The minimum Gasteiger partial charge on any atom is -0.333 e. The topological polar surface area (TPSA) is 84.9 Å². The first-order chi connectivity index (χ1) is 6.91. The molecule has 0 aliphatic heterocycles. The standard InChI is InChI=1S/C8H12N2O2.CH5N/c11-7-9-5-3-1-2-4-6-10-8-12;1-2/h1-6H2;2H2,1H3. The van der Waals surface area contributed by atoms with Gasteiger partial charge in [0.15, 0.2) is 0 Å². The van der Waals surface area contributed by atoms with E-state index in [9.17, 15) is 9.59 Å². The van der Waals surface area contributed by atoms with Crippen LogP contribution in [0.2, 0.25) is 0 Å². The van der Waals surface area contributed by atoms with Crippen molar-refractivity contribution in [3.8, 4) is 0 Å². The summed E-state index contributed by atoms with van der Waals surface area (Å²) in [6.45, 7) is 1.11. The van der Waals surface area contributed by atoms with Crippen molar-refractivity contribution in [2.45, 2.75) is 25.7 Å². The summed E-state index contributed by atoms with van der Waals surface area (Å²) < 4.78 is 0. The summed E-state index contributed by atoms with van der Waals surface area (Å²) in [5.41, 5.74) is 4.50. The van der Waals surface area contributed by atoms with Crippen LogP contribution in [0.5, 0.6) is 0 Å². The van der Waals surface area contributed by atoms with Gasteiger partial charge >= 0.3 is 0 Å². The average molecular weight is 199 g/mol. The maximum Gasteiger partial charge on any atom is 0.234 e. The molecule has 0 aromatic carbocycles. The fourth-order valence-corrected chi connectivity index (χ4v) is 0.827. The van der Waals surface area contributed by atoms with Gasteiger partial charge in [-0.3, -0.25) is 0 Å². The molecule has 0 bridgehead atoms. The van der Waals surface area contributed by atoms with Gasteiger partial charge in [-0.2, -0.15) is 0 Å². The minimum absolute atomic E-state index is 0.556. The van der Waals surface area contributed by atoms with Gasteiger partial charge in [0.2, 0.25) is 12.2 Å². The number of carbonyl (C=O) groups excluding carboxylic acids is 2. The molecule has 0 atom stereocenters. The molecule has 0 saturated heterocycles. The predicted octanol–water partition coefficient (Wildman–Crippen LogP) is 0.793. The Hall–Kier alpha value is -1.28. The summed E-state index contributed by atoms with van der Waals surface area (Å²) in [5.74, 6) is 0. The molecule has 0 aliphatic carbocycles. The lowest BCUT2D eigenvalue weighted by molar-refractivity contribution is 0.558. The van der Waals surface area contributed by atoms with E-state index in [1.807, 2.05) is 0 Å². The van der Waals surface area contributed by atoms with Crippen LogP contribution >= 0.6 is 0 Å². The highest BCUT2D eigenvalue weighted by Gasteiger charge is 1.87. The quantitative estimate of drug-likeness (QED) is 0.373. The average Bonchev–Trinajstić information content (AvgIpc) is 2.25. The largest absolute Gasteiger partial charge is 0.333 e. The van der Waals surface area contributed by atoms with Crippen LogP contribution in [0.15, 0.2) is 9.98 Å². The lowest BCUT2D eigenvalue weighted by atomic mass is 10.2. The van der Waals surface area contributed by atoms with Gasteiger partial charge in [0.05, 0.1) is 13.1 Å². The number of rotatable bonds is 7. The van der Waals surface area contributed by atoms with Crippen LogP contribution in [0.4, 0.5) is 0 Å². The highest BCUT2D eigenvalue weighted by atomic mass is 16.1. The molecule has 0 aromatic heterocycles. The Balaban J connectivity index is 0. The van der Waals surface area contributed by atoms with Crippen LogP contribution in [0, 0.1) is 0 Å². The molecule has 0 spiro atoms. The van der Waals surface area contributed by atoms with Crippen molar-refractivity contribution >= 4 is 12.2 Å². The van der Waals surface area contributed by atoms with Crippen molar-refractivity contribution < 1.29 is 9.59 Å². The molecule has 5 heteroatoms. The molecule has 0 heterocycles. The van der Waals surface area contributed by atoms with Gasteiger partial charge in [-0.1, -0.05) is 12.8 Å². The van der Waals surface area contributed by atoms with E-state index < -0.39 is 0 Å². The fraction of sp³-hybridized carbons (Fsp3) is 0.778. The molecule has 0 fully saturated rings. The van der Waals surface area contributed by atoms with E-state index in [-0.39, 0.29) is 0 Å². The molecule has 0 aromatic rings. The molecule has 80 valence electrons. The third-order valence-electron chi connectivity index (χ3n) is 1.42. The van der Waals surface area contributed by atoms with E-state index in [1.54, 1.807) is 0 Å². The van der Waals surface area contributed by atoms with Crippen molar-refractivity contribution in [1.82, 2.24) is 0 Å². The number of unbranched alkanes of at least 4 members (excludes halogenated alkanes) is 3. The molecule has 5 nitrogen and oxygen atoms in total. The highest BCUT2D eigenvalue weighted by Crippen LogP contribution is 1.99. The molecule has 2 N–H and O–H groups in total. The van der Waals surface area contributed by atoms with Crippen molar-refractivity contribution in [3.05, 3.63) is 0 Å². The second-order valence-electron chi connectivity index (χ2n) is 2.36. The summed E-state index contributed by atoms with van der Waals surface area (Å²) in [4.78, 5) is 26.1. The smallest absolute Gasteiger partial charge is 0.234 e. The zero-order chi connectivity index (χ0) is 11.1. The monoisotopic (exact) mass is 199 g/mol. The molecule has 0 rings (SSSR count). The second-order valence-corrected chi connectivity index (χ2v) is 2.36. The van der Waals surface area contributed by atoms with Gasteiger partial charge in [0, 0.05) is 0 Å². The number of hydrogen-bond acceptors (Lipinski definition) is 5. The van der Waals surface area contributed by atoms with E-state index in [4.69, 9.17) is 0 Å². The summed E-state index contributed by atoms with van der Waals surface area (Å²) in [6.07, 6.45) is 6.80. The minimum atomic E-state index is 0.556. The number of isocyanates is 2. The zero-order valence-electron chi connectivity index (χ0n) is 8.53. The van der Waals surface area contributed by atoms with Crippen molar-refractivity contribution in [2.24, 2.45) is 15.7 Å². The van der Waals surface area contributed by atoms with E-state index in [0.717, 1.165) is 25.7 Å². The van der Waals surface area contributed by atoms with Gasteiger partial charge in [-0.15, -0.1) is 0 Å². The van der Waals surface area contributed by atoms with E-state index in [1.165, 1.54) is 19.2 Å². The van der Waals surface area contributed by atoms with E-state index >= 15 is 0 Å². The van der Waals surface area contributed by atoms with Crippen LogP contribution in [-0.2, 0) is 9.59 Å². The Morgan fingerprint density at radius 3 is 1.50 bits per heavy atom. The zero-order valence-corrected chi connectivity index (χ0v) is 8.53. The summed E-state index contributed by atoms with van der Waals surface area (Å²) >= 11 is 0. The van der Waals surface area contributed by atoms with Gasteiger partial charge < -0.3 is 5.73 Å². The summed E-state index contributed by atoms with van der Waals surface area (Å²) in [6, 6.07) is 0. The van der Waals surface area contributed by atoms with Crippen LogP contribution in [0.1, 0.15) is 25.7 Å². The third-order valence-corrected chi connectivity index (χ3v) is 1.42. The Kier molecular flexibility index (Phi) is 19.2. The number of aliphatic imine (C=N–C) groups is 2. The first-order valence-corrected chi connectivity index (χ1v) is 4.57. The second kappa shape index (κ2) is 17.7. The van der Waals surface area contributed by atoms with E-state index in [2.05, 4.69) is 15.7 Å². The number of nitrogens with zero attached hydrogens (tertiary/aromatic N) is 2. The van der Waals surface area contributed by atoms with E-state index in [0.29, 0.717) is 13.1 Å². The Morgan fingerprint density at radius 1 is 0.857 bits per heavy atom. The first-order valence-electron chi connectivity index (χ1n) is 4.57. The molecular formula is C9H17N3O2. The molecular weight excluding hydrogens is 182 g/mol. The molecule has 14 heavy (non-hydrogen) atoms. The molecule has 0 unspecified atom stereocenters. The van der Waals surface area contributed by atoms with Crippen LogP contribution in [0.3, 0.4) is 0 Å². The Bertz CT molecular complexity index is 172. The first kappa shape index (κ1) is 15.2.